The summed E-state index contributed by atoms with van der Waals surface area (Å²) in [4.78, 5) is 0. The van der Waals surface area contributed by atoms with Gasteiger partial charge in [-0.25, -0.2) is 5.10 Å². The average Bonchev–Trinajstić information content (AvgIpc) is 2.95. The van der Waals surface area contributed by atoms with E-state index in [1.807, 2.05) is 12.1 Å². The number of rotatable bonds is 3. The predicted octanol–water partition coefficient (Wildman–Crippen LogP) is 6.09. The fourth-order valence-electron chi connectivity index (χ4n) is 2.45. The lowest BCUT2D eigenvalue weighted by Gasteiger charge is -2.18. The van der Waals surface area contributed by atoms with Gasteiger partial charge in [-0.3, -0.25) is 0 Å². The molecule has 0 amide bonds. The second-order valence-electron chi connectivity index (χ2n) is 6.87. The first-order chi connectivity index (χ1) is 12.3. The Morgan fingerprint density at radius 1 is 1.08 bits per heavy atom. The maximum absolute atomic E-state index is 6.19. The van der Waals surface area contributed by atoms with E-state index in [0.717, 1.165) is 5.56 Å². The fraction of sp³-hybridized carbons (Fsp3) is 0.211. The van der Waals surface area contributed by atoms with Gasteiger partial charge in [-0.2, -0.15) is 14.9 Å². The van der Waals surface area contributed by atoms with Crippen LogP contribution in [-0.4, -0.2) is 21.1 Å². The number of nitrogens with zero attached hydrogens (tertiary/aromatic N) is 3. The normalized spacial score (nSPS) is 12.0. The van der Waals surface area contributed by atoms with Crippen LogP contribution in [0.1, 0.15) is 31.9 Å². The second-order valence-corrected chi connectivity index (χ2v) is 8.07. The lowest BCUT2D eigenvalue weighted by Crippen LogP contribution is -2.10. The van der Waals surface area contributed by atoms with Gasteiger partial charge in [-0.05, 0) is 35.3 Å². The highest BCUT2D eigenvalue weighted by molar-refractivity contribution is 7.71. The minimum Gasteiger partial charge on any atom is -0.250 e. The van der Waals surface area contributed by atoms with Gasteiger partial charge in [0.2, 0.25) is 4.77 Å². The van der Waals surface area contributed by atoms with Crippen LogP contribution in [0.25, 0.3) is 11.4 Å². The number of aromatic amines is 1. The number of aromatic nitrogens is 3. The lowest BCUT2D eigenvalue weighted by atomic mass is 9.87. The molecule has 0 aliphatic rings. The molecule has 0 fully saturated rings. The van der Waals surface area contributed by atoms with Crippen molar-refractivity contribution in [3.63, 3.8) is 0 Å². The zero-order valence-electron chi connectivity index (χ0n) is 14.6. The van der Waals surface area contributed by atoms with Crippen molar-refractivity contribution in [2.75, 3.05) is 0 Å². The minimum absolute atomic E-state index is 0.0855. The van der Waals surface area contributed by atoms with Gasteiger partial charge in [-0.1, -0.05) is 74.3 Å². The van der Waals surface area contributed by atoms with Crippen LogP contribution < -0.4 is 0 Å². The minimum atomic E-state index is 0.0855. The SMILES string of the molecule is CC(C)(C)c1ccc(-c2n[nH]c(=S)n2N=Cc2c(Cl)cccc2Cl)cc1. The number of benzene rings is 2. The molecule has 3 rings (SSSR count). The Kier molecular flexibility index (Phi) is 5.32. The van der Waals surface area contributed by atoms with Crippen molar-refractivity contribution in [1.29, 1.82) is 0 Å². The van der Waals surface area contributed by atoms with E-state index in [4.69, 9.17) is 35.4 Å². The fourth-order valence-corrected chi connectivity index (χ4v) is 3.13. The molecule has 0 radical (unpaired) electrons. The summed E-state index contributed by atoms with van der Waals surface area (Å²) in [5, 5.41) is 12.6. The summed E-state index contributed by atoms with van der Waals surface area (Å²) in [6.07, 6.45) is 1.59. The van der Waals surface area contributed by atoms with Gasteiger partial charge in [0, 0.05) is 11.1 Å². The van der Waals surface area contributed by atoms with Crippen LogP contribution in [0.3, 0.4) is 0 Å². The monoisotopic (exact) mass is 404 g/mol. The number of hydrogen-bond acceptors (Lipinski definition) is 3. The zero-order chi connectivity index (χ0) is 18.9. The van der Waals surface area contributed by atoms with Crippen molar-refractivity contribution in [1.82, 2.24) is 14.9 Å². The molecule has 134 valence electrons. The number of halogens is 2. The highest BCUT2D eigenvalue weighted by Crippen LogP contribution is 2.26. The first-order valence-electron chi connectivity index (χ1n) is 8.04. The third-order valence-electron chi connectivity index (χ3n) is 3.96. The van der Waals surface area contributed by atoms with Gasteiger partial charge in [0.15, 0.2) is 5.82 Å². The van der Waals surface area contributed by atoms with Gasteiger partial charge >= 0.3 is 0 Å². The van der Waals surface area contributed by atoms with Crippen LogP contribution in [-0.2, 0) is 5.41 Å². The van der Waals surface area contributed by atoms with Crippen molar-refractivity contribution in [3.05, 3.63) is 68.4 Å². The van der Waals surface area contributed by atoms with E-state index in [2.05, 4.69) is 48.2 Å². The van der Waals surface area contributed by atoms with Gasteiger partial charge in [0.05, 0.1) is 16.3 Å². The van der Waals surface area contributed by atoms with Crippen LogP contribution >= 0.6 is 35.4 Å². The highest BCUT2D eigenvalue weighted by atomic mass is 35.5. The van der Waals surface area contributed by atoms with E-state index in [1.54, 1.807) is 29.1 Å². The Hall–Kier alpha value is -1.95. The molecular formula is C19H18Cl2N4S. The third-order valence-corrected chi connectivity index (χ3v) is 4.88. The first kappa shape index (κ1) is 18.8. The molecule has 1 N–H and O–H groups in total. The molecule has 7 heteroatoms. The van der Waals surface area contributed by atoms with Crippen LogP contribution in [0.15, 0.2) is 47.6 Å². The summed E-state index contributed by atoms with van der Waals surface area (Å²) < 4.78 is 1.94. The molecule has 0 aliphatic heterocycles. The number of H-pyrrole nitrogens is 1. The molecule has 4 nitrogen and oxygen atoms in total. The molecule has 0 aliphatic carbocycles. The van der Waals surface area contributed by atoms with E-state index in [1.165, 1.54) is 5.56 Å². The van der Waals surface area contributed by atoms with Gasteiger partial charge in [0.25, 0.3) is 0 Å². The highest BCUT2D eigenvalue weighted by Gasteiger charge is 2.15. The van der Waals surface area contributed by atoms with Crippen molar-refractivity contribution in [3.8, 4) is 11.4 Å². The molecule has 26 heavy (non-hydrogen) atoms. The molecule has 0 unspecified atom stereocenters. The Morgan fingerprint density at radius 2 is 1.69 bits per heavy atom. The van der Waals surface area contributed by atoms with Crippen molar-refractivity contribution in [2.45, 2.75) is 26.2 Å². The third kappa shape index (κ3) is 3.90. The molecule has 0 saturated heterocycles. The molecule has 3 aromatic rings. The largest absolute Gasteiger partial charge is 0.250 e. The summed E-state index contributed by atoms with van der Waals surface area (Å²) in [5.41, 5.74) is 2.87. The van der Waals surface area contributed by atoms with Gasteiger partial charge < -0.3 is 0 Å². The Labute approximate surface area is 167 Å². The summed E-state index contributed by atoms with van der Waals surface area (Å²) in [6.45, 7) is 6.53. The summed E-state index contributed by atoms with van der Waals surface area (Å²) in [5.74, 6) is 0.620. The van der Waals surface area contributed by atoms with Crippen LogP contribution in [0.2, 0.25) is 10.0 Å². The second kappa shape index (κ2) is 7.35. The van der Waals surface area contributed by atoms with Gasteiger partial charge in [-0.15, -0.1) is 0 Å². The quantitative estimate of drug-likeness (QED) is 0.423. The number of nitrogens with one attached hydrogen (secondary N) is 1. The smallest absolute Gasteiger partial charge is 0.216 e. The molecular weight excluding hydrogens is 387 g/mol. The molecule has 0 atom stereocenters. The summed E-state index contributed by atoms with van der Waals surface area (Å²) in [6, 6.07) is 13.5. The Morgan fingerprint density at radius 3 is 2.27 bits per heavy atom. The van der Waals surface area contributed by atoms with E-state index in [9.17, 15) is 0 Å². The van der Waals surface area contributed by atoms with Crippen LogP contribution in [0.4, 0.5) is 0 Å². The Bertz CT molecular complexity index is 991. The van der Waals surface area contributed by atoms with Crippen molar-refractivity contribution >= 4 is 41.6 Å². The standard InChI is InChI=1S/C19H18Cl2N4S/c1-19(2,3)13-9-7-12(8-10-13)17-23-24-18(26)25(17)22-11-14-15(20)5-4-6-16(14)21/h4-11H,1-3H3,(H,24,26). The average molecular weight is 405 g/mol. The molecule has 1 heterocycles. The maximum atomic E-state index is 6.19. The van der Waals surface area contributed by atoms with Crippen molar-refractivity contribution in [2.24, 2.45) is 5.10 Å². The number of hydrogen-bond donors (Lipinski definition) is 1. The topological polar surface area (TPSA) is 46.0 Å². The zero-order valence-corrected chi connectivity index (χ0v) is 17.0. The van der Waals surface area contributed by atoms with E-state index < -0.39 is 0 Å². The van der Waals surface area contributed by atoms with E-state index >= 15 is 0 Å². The molecule has 1 aromatic heterocycles. The molecule has 0 bridgehead atoms. The first-order valence-corrected chi connectivity index (χ1v) is 9.20. The maximum Gasteiger partial charge on any atom is 0.216 e. The summed E-state index contributed by atoms with van der Waals surface area (Å²) >= 11 is 17.7. The van der Waals surface area contributed by atoms with E-state index in [-0.39, 0.29) is 5.41 Å². The van der Waals surface area contributed by atoms with E-state index in [0.29, 0.717) is 26.2 Å². The van der Waals surface area contributed by atoms with Crippen LogP contribution in [0, 0.1) is 4.77 Å². The molecule has 0 spiro atoms. The summed E-state index contributed by atoms with van der Waals surface area (Å²) in [7, 11) is 0. The van der Waals surface area contributed by atoms with Gasteiger partial charge in [0.1, 0.15) is 0 Å². The lowest BCUT2D eigenvalue weighted by molar-refractivity contribution is 0.590. The molecule has 0 saturated carbocycles. The Balaban J connectivity index is 2.00. The van der Waals surface area contributed by atoms with Crippen molar-refractivity contribution < 1.29 is 0 Å². The molecule has 2 aromatic carbocycles. The predicted molar refractivity (Wildman–Crippen MR) is 111 cm³/mol. The van der Waals surface area contributed by atoms with Crippen LogP contribution in [0.5, 0.6) is 0 Å².